The minimum absolute atomic E-state index is 0.0520. The van der Waals surface area contributed by atoms with Gasteiger partial charge in [-0.05, 0) is 112 Å². The van der Waals surface area contributed by atoms with E-state index in [1.54, 1.807) is 0 Å². The maximum atomic E-state index is 12.3. The third-order valence-electron chi connectivity index (χ3n) is 19.6. The maximum absolute atomic E-state index is 12.3. The highest BCUT2D eigenvalue weighted by Gasteiger charge is 2.68. The summed E-state index contributed by atoms with van der Waals surface area (Å²) in [7, 11) is 0. The molecule has 4 aliphatic carbocycles. The fraction of sp³-hybridized carbons (Fsp3) is 0.960. The summed E-state index contributed by atoms with van der Waals surface area (Å²) in [5.74, 6) is 3.25. The van der Waals surface area contributed by atoms with Gasteiger partial charge in [0, 0.05) is 12.5 Å². The molecule has 6 saturated heterocycles. The van der Waals surface area contributed by atoms with Gasteiger partial charge in [-0.1, -0.05) is 39.3 Å². The van der Waals surface area contributed by atoms with Crippen LogP contribution in [0.1, 0.15) is 99.3 Å². The van der Waals surface area contributed by atoms with Gasteiger partial charge in [-0.25, -0.2) is 0 Å². The molecule has 11 N–H and O–H groups in total. The molecule has 6 heterocycles. The van der Waals surface area contributed by atoms with E-state index in [0.29, 0.717) is 48.3 Å². The van der Waals surface area contributed by atoms with Gasteiger partial charge in [0.05, 0.1) is 37.6 Å². The minimum atomic E-state index is -1.78. The number of nitrogens with one attached hydrogen (secondary N) is 1. The highest BCUT2D eigenvalue weighted by atomic mass is 16.8. The first-order chi connectivity index (χ1) is 33.2. The van der Waals surface area contributed by atoms with Crippen LogP contribution < -0.4 is 5.32 Å². The van der Waals surface area contributed by atoms with E-state index >= 15 is 0 Å². The van der Waals surface area contributed by atoms with Crippen LogP contribution in [0.25, 0.3) is 0 Å². The molecule has 20 heteroatoms. The predicted octanol–water partition coefficient (Wildman–Crippen LogP) is -0.722. The number of aliphatic hydroxyl groups is 10. The second kappa shape index (κ2) is 19.8. The second-order valence-corrected chi connectivity index (χ2v) is 23.6. The summed E-state index contributed by atoms with van der Waals surface area (Å²) in [4.78, 5) is 0. The Morgan fingerprint density at radius 2 is 1.31 bits per heavy atom. The molecule has 20 nitrogen and oxygen atoms in total. The van der Waals surface area contributed by atoms with Gasteiger partial charge in [0.25, 0.3) is 0 Å². The normalized spacial score (nSPS) is 58.0. The Bertz CT molecular complexity index is 1860. The molecular formula is C50H81NO19. The van der Waals surface area contributed by atoms with Gasteiger partial charge in [0.15, 0.2) is 25.2 Å². The van der Waals surface area contributed by atoms with Crippen LogP contribution in [0, 0.1) is 46.3 Å². The quantitative estimate of drug-likeness (QED) is 0.127. The van der Waals surface area contributed by atoms with E-state index < -0.39 is 136 Å². The van der Waals surface area contributed by atoms with Crippen molar-refractivity contribution in [3.8, 4) is 0 Å². The fourth-order valence-corrected chi connectivity index (χ4v) is 15.3. The van der Waals surface area contributed by atoms with Gasteiger partial charge in [0.1, 0.15) is 85.1 Å². The summed E-state index contributed by atoms with van der Waals surface area (Å²) < 4.78 is 55.9. The molecule has 9 fully saturated rings. The van der Waals surface area contributed by atoms with Crippen molar-refractivity contribution in [3.63, 3.8) is 0 Å². The molecule has 0 bridgehead atoms. The van der Waals surface area contributed by atoms with Crippen molar-refractivity contribution >= 4 is 0 Å². The zero-order valence-electron chi connectivity index (χ0n) is 41.3. The van der Waals surface area contributed by atoms with Gasteiger partial charge in [-0.2, -0.15) is 0 Å². The van der Waals surface area contributed by atoms with E-state index in [1.165, 1.54) is 32.3 Å². The van der Waals surface area contributed by atoms with Crippen molar-refractivity contribution in [1.82, 2.24) is 5.32 Å². The van der Waals surface area contributed by atoms with Crippen LogP contribution in [0.5, 0.6) is 0 Å². The molecule has 0 radical (unpaired) electrons. The van der Waals surface area contributed by atoms with E-state index in [9.17, 15) is 51.1 Å². The second-order valence-electron chi connectivity index (χ2n) is 23.6. The number of fused-ring (bicyclic) bond motifs is 7. The first kappa shape index (κ1) is 52.4. The zero-order valence-corrected chi connectivity index (χ0v) is 41.3. The zero-order chi connectivity index (χ0) is 49.9. The molecule has 400 valence electrons. The largest absolute Gasteiger partial charge is 0.394 e. The smallest absolute Gasteiger partial charge is 0.187 e. The molecular weight excluding hydrogens is 919 g/mol. The SMILES string of the molecule is CC1CCC2(NC1)OC1CC3C4CC=C5CC(OC6OC(CO)C(OC7OC(C)C(O)C(O)C7OC7OCC(O)C(O)C7O)C(O)C6OC6OC(C)C(O)C(O)C6O)CCC5(C)C4CCC3(C)C1C2C. The lowest BCUT2D eigenvalue weighted by atomic mass is 9.47. The van der Waals surface area contributed by atoms with Gasteiger partial charge in [-0.15, -0.1) is 0 Å². The monoisotopic (exact) mass is 1000 g/mol. The van der Waals surface area contributed by atoms with E-state index in [0.717, 1.165) is 38.6 Å². The highest BCUT2D eigenvalue weighted by Crippen LogP contribution is 2.70. The lowest BCUT2D eigenvalue weighted by molar-refractivity contribution is -0.397. The van der Waals surface area contributed by atoms with Crippen molar-refractivity contribution < 1.29 is 93.7 Å². The number of ether oxygens (including phenoxy) is 9. The highest BCUT2D eigenvalue weighted by molar-refractivity contribution is 5.27. The lowest BCUT2D eigenvalue weighted by Crippen LogP contribution is -2.67. The summed E-state index contributed by atoms with van der Waals surface area (Å²) in [6.07, 6.45) is -18.0. The molecule has 0 aromatic rings. The average Bonchev–Trinajstić information content (AvgIpc) is 3.78. The van der Waals surface area contributed by atoms with Crippen LogP contribution in [-0.4, -0.2) is 205 Å². The van der Waals surface area contributed by atoms with Crippen molar-refractivity contribution in [2.75, 3.05) is 19.8 Å². The molecule has 70 heavy (non-hydrogen) atoms. The van der Waals surface area contributed by atoms with Crippen molar-refractivity contribution in [3.05, 3.63) is 11.6 Å². The maximum Gasteiger partial charge on any atom is 0.187 e. The summed E-state index contributed by atoms with van der Waals surface area (Å²) in [6.45, 7) is 12.5. The Morgan fingerprint density at radius 1 is 0.657 bits per heavy atom. The number of piperidine rings is 1. The molecule has 30 unspecified atom stereocenters. The summed E-state index contributed by atoms with van der Waals surface area (Å²) >= 11 is 0. The third-order valence-corrected chi connectivity index (χ3v) is 19.6. The number of aliphatic hydroxyl groups excluding tert-OH is 10. The Hall–Kier alpha value is -1.06. The lowest BCUT2D eigenvalue weighted by Gasteiger charge is -2.59. The topological polar surface area (TPSA) is 297 Å². The van der Waals surface area contributed by atoms with E-state index in [-0.39, 0.29) is 22.7 Å². The van der Waals surface area contributed by atoms with Gasteiger partial charge < -0.3 is 93.7 Å². The molecule has 0 aromatic heterocycles. The number of rotatable bonds is 9. The van der Waals surface area contributed by atoms with Crippen molar-refractivity contribution in [1.29, 1.82) is 0 Å². The predicted molar refractivity (Wildman–Crippen MR) is 241 cm³/mol. The first-order valence-corrected chi connectivity index (χ1v) is 26.2. The summed E-state index contributed by atoms with van der Waals surface area (Å²) in [5.41, 5.74) is 1.27. The van der Waals surface area contributed by atoms with Crippen LogP contribution in [-0.2, 0) is 42.6 Å². The van der Waals surface area contributed by atoms with E-state index in [1.807, 2.05) is 0 Å². The van der Waals surface area contributed by atoms with Crippen LogP contribution >= 0.6 is 0 Å². The molecule has 3 saturated carbocycles. The number of hydrogen-bond acceptors (Lipinski definition) is 20. The third kappa shape index (κ3) is 8.79. The molecule has 10 rings (SSSR count). The van der Waals surface area contributed by atoms with Crippen LogP contribution in [0.3, 0.4) is 0 Å². The molecule has 6 aliphatic heterocycles. The van der Waals surface area contributed by atoms with Crippen LogP contribution in [0.2, 0.25) is 0 Å². The minimum Gasteiger partial charge on any atom is -0.394 e. The van der Waals surface area contributed by atoms with Gasteiger partial charge in [0.2, 0.25) is 0 Å². The Morgan fingerprint density at radius 3 is 2.03 bits per heavy atom. The van der Waals surface area contributed by atoms with Crippen LogP contribution in [0.4, 0.5) is 0 Å². The molecule has 0 aromatic carbocycles. The summed E-state index contributed by atoms with van der Waals surface area (Å²) in [6, 6.07) is 0. The van der Waals surface area contributed by atoms with E-state index in [4.69, 9.17) is 42.6 Å². The molecule has 10 aliphatic rings. The fourth-order valence-electron chi connectivity index (χ4n) is 15.3. The van der Waals surface area contributed by atoms with Gasteiger partial charge in [-0.3, -0.25) is 5.32 Å². The number of hydrogen-bond donors (Lipinski definition) is 11. The molecule has 0 amide bonds. The average molecular weight is 1000 g/mol. The van der Waals surface area contributed by atoms with Gasteiger partial charge >= 0.3 is 0 Å². The number of allylic oxidation sites excluding steroid dienone is 1. The first-order valence-electron chi connectivity index (χ1n) is 26.2. The van der Waals surface area contributed by atoms with E-state index in [2.05, 4.69) is 39.1 Å². The standard InChI is InChI=1S/C50H81NO19/c1-20-9-14-50(51-17-20)21(2)32-30(70-50)16-28-26-8-7-24-15-25(10-12-48(24,5)27(26)11-13-49(28,32)6)65-47-43(69-45-39(60)36(57)33(54)22(3)63-45)40(61)41(31(18-52)66-47)67-46-42(37(58)34(55)23(4)64-46)68-44-38(59)35(56)29(53)19-62-44/h7,20-23,25-47,51-61H,8-19H2,1-6H3. The molecule has 1 spiro atoms. The van der Waals surface area contributed by atoms with Crippen molar-refractivity contribution in [2.45, 2.75) is 234 Å². The molecule has 30 atom stereocenters. The Balaban J connectivity index is 0.865. The Kier molecular flexibility index (Phi) is 14.8. The summed E-state index contributed by atoms with van der Waals surface area (Å²) in [5, 5.41) is 112. The Labute approximate surface area is 409 Å². The van der Waals surface area contributed by atoms with Crippen LogP contribution in [0.15, 0.2) is 11.6 Å². The van der Waals surface area contributed by atoms with Crippen molar-refractivity contribution in [2.24, 2.45) is 46.3 Å².